The van der Waals surface area contributed by atoms with Gasteiger partial charge in [-0.2, -0.15) is 5.26 Å². The van der Waals surface area contributed by atoms with Crippen LogP contribution in [0.15, 0.2) is 48.5 Å². The van der Waals surface area contributed by atoms with Crippen molar-refractivity contribution in [2.24, 2.45) is 0 Å². The summed E-state index contributed by atoms with van der Waals surface area (Å²) in [5.74, 6) is -0.0982. The van der Waals surface area contributed by atoms with E-state index < -0.39 is 0 Å². The zero-order chi connectivity index (χ0) is 18.5. The van der Waals surface area contributed by atoms with E-state index in [0.29, 0.717) is 11.3 Å². The summed E-state index contributed by atoms with van der Waals surface area (Å²) in [6.07, 6.45) is 0. The van der Waals surface area contributed by atoms with E-state index in [0.717, 1.165) is 36.9 Å². The molecule has 134 valence electrons. The van der Waals surface area contributed by atoms with Crippen LogP contribution in [0.4, 0.5) is 11.4 Å². The molecule has 0 saturated carbocycles. The van der Waals surface area contributed by atoms with E-state index >= 15 is 0 Å². The second-order valence-corrected chi connectivity index (χ2v) is 6.70. The highest BCUT2D eigenvalue weighted by Crippen LogP contribution is 2.26. The van der Waals surface area contributed by atoms with Crippen LogP contribution in [0.3, 0.4) is 0 Å². The summed E-state index contributed by atoms with van der Waals surface area (Å²) in [6, 6.07) is 16.7. The number of benzene rings is 2. The van der Waals surface area contributed by atoms with Crippen molar-refractivity contribution >= 4 is 28.9 Å². The van der Waals surface area contributed by atoms with E-state index in [1.165, 1.54) is 0 Å². The fourth-order valence-electron chi connectivity index (χ4n) is 3.15. The van der Waals surface area contributed by atoms with Gasteiger partial charge in [-0.25, -0.2) is 0 Å². The fourth-order valence-corrected chi connectivity index (χ4v) is 3.41. The third-order valence-electron chi connectivity index (χ3n) is 4.74. The average Bonchev–Trinajstić information content (AvgIpc) is 2.68. The minimum Gasteiger partial charge on any atom is -0.368 e. The van der Waals surface area contributed by atoms with Crippen LogP contribution in [-0.4, -0.2) is 43.0 Å². The average molecular weight is 369 g/mol. The first-order valence-electron chi connectivity index (χ1n) is 8.63. The fraction of sp³-hybridized carbons (Fsp3) is 0.300. The number of nitrogens with zero attached hydrogens (tertiary/aromatic N) is 3. The van der Waals surface area contributed by atoms with Gasteiger partial charge in [-0.05, 0) is 31.2 Å². The van der Waals surface area contributed by atoms with Crippen molar-refractivity contribution in [2.75, 3.05) is 36.4 Å². The Bertz CT molecular complexity index is 825. The van der Waals surface area contributed by atoms with Gasteiger partial charge in [0.05, 0.1) is 28.0 Å². The molecule has 2 aromatic rings. The molecular formula is C20H21ClN4O. The second kappa shape index (κ2) is 8.22. The van der Waals surface area contributed by atoms with E-state index in [2.05, 4.69) is 21.2 Å². The van der Waals surface area contributed by atoms with Crippen molar-refractivity contribution in [3.05, 3.63) is 59.1 Å². The lowest BCUT2D eigenvalue weighted by molar-refractivity contribution is -0.120. The SMILES string of the molecule is C[C@H](C(=O)Nc1ccccc1C#N)N1CCN(c2ccccc2Cl)CC1. The van der Waals surface area contributed by atoms with Gasteiger partial charge in [0.2, 0.25) is 5.91 Å². The van der Waals surface area contributed by atoms with Gasteiger partial charge in [-0.3, -0.25) is 9.69 Å². The normalized spacial score (nSPS) is 16.0. The molecule has 5 nitrogen and oxygen atoms in total. The molecule has 1 fully saturated rings. The number of nitriles is 1. The summed E-state index contributed by atoms with van der Waals surface area (Å²) < 4.78 is 0. The maximum atomic E-state index is 12.6. The van der Waals surface area contributed by atoms with E-state index in [1.54, 1.807) is 18.2 Å². The number of hydrogen-bond acceptors (Lipinski definition) is 4. The first-order chi connectivity index (χ1) is 12.6. The molecule has 26 heavy (non-hydrogen) atoms. The minimum atomic E-state index is -0.268. The molecule has 1 atom stereocenters. The van der Waals surface area contributed by atoms with Gasteiger partial charge < -0.3 is 10.2 Å². The summed E-state index contributed by atoms with van der Waals surface area (Å²) in [4.78, 5) is 17.0. The first kappa shape index (κ1) is 18.2. The van der Waals surface area contributed by atoms with Crippen LogP contribution in [0.1, 0.15) is 12.5 Å². The largest absolute Gasteiger partial charge is 0.368 e. The Balaban J connectivity index is 1.60. The topological polar surface area (TPSA) is 59.4 Å². The predicted octanol–water partition coefficient (Wildman–Crippen LogP) is 3.36. The zero-order valence-electron chi connectivity index (χ0n) is 14.7. The number of para-hydroxylation sites is 2. The Hall–Kier alpha value is -2.55. The number of rotatable bonds is 4. The van der Waals surface area contributed by atoms with Crippen LogP contribution in [0, 0.1) is 11.3 Å². The molecular weight excluding hydrogens is 348 g/mol. The number of carbonyl (C=O) groups excluding carboxylic acids is 1. The van der Waals surface area contributed by atoms with Crippen molar-refractivity contribution in [1.82, 2.24) is 4.90 Å². The van der Waals surface area contributed by atoms with Crippen molar-refractivity contribution in [1.29, 1.82) is 5.26 Å². The molecule has 0 radical (unpaired) electrons. The molecule has 2 aromatic carbocycles. The van der Waals surface area contributed by atoms with Crippen LogP contribution in [0.2, 0.25) is 5.02 Å². The highest BCUT2D eigenvalue weighted by Gasteiger charge is 2.26. The Morgan fingerprint density at radius 1 is 1.12 bits per heavy atom. The number of halogens is 1. The molecule has 1 N–H and O–H groups in total. The quantitative estimate of drug-likeness (QED) is 0.898. The lowest BCUT2D eigenvalue weighted by atomic mass is 10.1. The Kier molecular flexibility index (Phi) is 5.77. The lowest BCUT2D eigenvalue weighted by Gasteiger charge is -2.38. The molecule has 0 aromatic heterocycles. The third kappa shape index (κ3) is 3.98. The summed E-state index contributed by atoms with van der Waals surface area (Å²) >= 11 is 6.28. The van der Waals surface area contributed by atoms with Crippen LogP contribution in [0.25, 0.3) is 0 Å². The van der Waals surface area contributed by atoms with Crippen LogP contribution in [-0.2, 0) is 4.79 Å². The summed E-state index contributed by atoms with van der Waals surface area (Å²) in [6.45, 7) is 5.08. The van der Waals surface area contributed by atoms with E-state index in [4.69, 9.17) is 16.9 Å². The molecule has 1 aliphatic heterocycles. The van der Waals surface area contributed by atoms with Crippen molar-refractivity contribution in [2.45, 2.75) is 13.0 Å². The highest BCUT2D eigenvalue weighted by molar-refractivity contribution is 6.33. The lowest BCUT2D eigenvalue weighted by Crippen LogP contribution is -2.52. The predicted molar refractivity (Wildman–Crippen MR) is 104 cm³/mol. The molecule has 0 aliphatic carbocycles. The molecule has 3 rings (SSSR count). The van der Waals surface area contributed by atoms with Crippen molar-refractivity contribution < 1.29 is 4.79 Å². The second-order valence-electron chi connectivity index (χ2n) is 6.30. The van der Waals surface area contributed by atoms with E-state index in [-0.39, 0.29) is 11.9 Å². The van der Waals surface area contributed by atoms with Gasteiger partial charge in [-0.1, -0.05) is 35.9 Å². The molecule has 0 spiro atoms. The van der Waals surface area contributed by atoms with E-state index in [1.807, 2.05) is 37.3 Å². The zero-order valence-corrected chi connectivity index (χ0v) is 15.4. The number of anilines is 2. The summed E-state index contributed by atoms with van der Waals surface area (Å²) in [5, 5.41) is 12.8. The maximum Gasteiger partial charge on any atom is 0.241 e. The monoisotopic (exact) mass is 368 g/mol. The number of nitrogens with one attached hydrogen (secondary N) is 1. The third-order valence-corrected chi connectivity index (χ3v) is 5.06. The standard InChI is InChI=1S/C20H21ClN4O/c1-15(20(26)23-18-8-4-2-6-16(18)14-22)24-10-12-25(13-11-24)19-9-5-3-7-17(19)21/h2-9,15H,10-13H2,1H3,(H,23,26)/t15-/m1/s1. The highest BCUT2D eigenvalue weighted by atomic mass is 35.5. The minimum absolute atomic E-state index is 0.0982. The Morgan fingerprint density at radius 2 is 1.77 bits per heavy atom. The molecule has 1 saturated heterocycles. The van der Waals surface area contributed by atoms with Crippen molar-refractivity contribution in [3.63, 3.8) is 0 Å². The smallest absolute Gasteiger partial charge is 0.241 e. The number of amides is 1. The van der Waals surface area contributed by atoms with Crippen LogP contribution >= 0.6 is 11.6 Å². The van der Waals surface area contributed by atoms with Crippen molar-refractivity contribution in [3.8, 4) is 6.07 Å². The van der Waals surface area contributed by atoms with Gasteiger partial charge in [0.1, 0.15) is 6.07 Å². The number of hydrogen-bond donors (Lipinski definition) is 1. The summed E-state index contributed by atoms with van der Waals surface area (Å²) in [5.41, 5.74) is 2.06. The van der Waals surface area contributed by atoms with Crippen LogP contribution in [0.5, 0.6) is 0 Å². The molecule has 0 unspecified atom stereocenters. The Labute approximate surface area is 158 Å². The molecule has 1 heterocycles. The van der Waals surface area contributed by atoms with Gasteiger partial charge >= 0.3 is 0 Å². The van der Waals surface area contributed by atoms with E-state index in [9.17, 15) is 4.79 Å². The number of carbonyl (C=O) groups is 1. The summed E-state index contributed by atoms with van der Waals surface area (Å²) in [7, 11) is 0. The number of piperazine rings is 1. The molecule has 6 heteroatoms. The maximum absolute atomic E-state index is 12.6. The first-order valence-corrected chi connectivity index (χ1v) is 9.01. The van der Waals surface area contributed by atoms with Crippen LogP contribution < -0.4 is 10.2 Å². The van der Waals surface area contributed by atoms with Gasteiger partial charge in [0.25, 0.3) is 0 Å². The molecule has 1 amide bonds. The van der Waals surface area contributed by atoms with Gasteiger partial charge in [0, 0.05) is 26.2 Å². The Morgan fingerprint density at radius 3 is 2.46 bits per heavy atom. The molecule has 0 bridgehead atoms. The molecule has 1 aliphatic rings. The van der Waals surface area contributed by atoms with Gasteiger partial charge in [-0.15, -0.1) is 0 Å². The van der Waals surface area contributed by atoms with Gasteiger partial charge in [0.15, 0.2) is 0 Å².